The van der Waals surface area contributed by atoms with Crippen molar-refractivity contribution < 1.29 is 4.79 Å². The summed E-state index contributed by atoms with van der Waals surface area (Å²) in [4.78, 5) is 21.0. The Balaban J connectivity index is 0.00000289. The van der Waals surface area contributed by atoms with Crippen molar-refractivity contribution in [2.45, 2.75) is 44.9 Å². The molecule has 0 saturated carbocycles. The van der Waals surface area contributed by atoms with Crippen molar-refractivity contribution in [3.05, 3.63) is 65.2 Å². The zero-order valence-corrected chi connectivity index (χ0v) is 21.7. The van der Waals surface area contributed by atoms with Gasteiger partial charge in [0.2, 0.25) is 5.91 Å². The van der Waals surface area contributed by atoms with Crippen LogP contribution in [-0.2, 0) is 4.79 Å². The van der Waals surface area contributed by atoms with Crippen LogP contribution in [0, 0.1) is 6.92 Å². The fourth-order valence-electron chi connectivity index (χ4n) is 4.83. The summed E-state index contributed by atoms with van der Waals surface area (Å²) in [5.74, 6) is 2.04. The van der Waals surface area contributed by atoms with E-state index in [2.05, 4.69) is 77.6 Å². The third-order valence-corrected chi connectivity index (χ3v) is 6.63. The van der Waals surface area contributed by atoms with Gasteiger partial charge < -0.3 is 15.1 Å². The molecule has 2 unspecified atom stereocenters. The molecule has 0 radical (unpaired) electrons. The summed E-state index contributed by atoms with van der Waals surface area (Å²) in [6.07, 6.45) is 2.71. The number of anilines is 1. The lowest BCUT2D eigenvalue weighted by Crippen LogP contribution is -2.42. The lowest BCUT2D eigenvalue weighted by Gasteiger charge is -2.25. The highest BCUT2D eigenvalue weighted by atomic mass is 127. The van der Waals surface area contributed by atoms with Gasteiger partial charge in [-0.1, -0.05) is 55.0 Å². The molecule has 0 spiro atoms. The predicted octanol–water partition coefficient (Wildman–Crippen LogP) is 4.91. The largest absolute Gasteiger partial charge is 0.355 e. The Morgan fingerprint density at radius 3 is 2.75 bits per heavy atom. The van der Waals surface area contributed by atoms with Gasteiger partial charge in [0.05, 0.1) is 0 Å². The van der Waals surface area contributed by atoms with Gasteiger partial charge in [0.15, 0.2) is 5.96 Å². The number of nitrogens with zero attached hydrogens (tertiary/aromatic N) is 3. The summed E-state index contributed by atoms with van der Waals surface area (Å²) in [6, 6.07) is 17.4. The molecule has 2 aliphatic heterocycles. The van der Waals surface area contributed by atoms with E-state index in [0.29, 0.717) is 24.2 Å². The standard InChI is InChI=1S/C26H34N4O.HI/c1-19-8-6-9-21(16-19)20(2)17-28-26(27-3)30-18-22(23-10-4-5-11-24(23)30)13-15-29-14-7-12-25(29)31;/h4-6,8-11,16,20,22H,7,12-15,17-18H2,1-3H3,(H,27,28);1H. The molecule has 0 aliphatic carbocycles. The maximum absolute atomic E-state index is 12.0. The average Bonchev–Trinajstić information content (AvgIpc) is 3.36. The molecule has 1 fully saturated rings. The number of para-hydroxylation sites is 1. The second-order valence-corrected chi connectivity index (χ2v) is 8.88. The van der Waals surface area contributed by atoms with Crippen LogP contribution in [0.15, 0.2) is 53.5 Å². The summed E-state index contributed by atoms with van der Waals surface area (Å²) in [5, 5.41) is 3.61. The molecular formula is C26H35IN4O. The van der Waals surface area contributed by atoms with Gasteiger partial charge >= 0.3 is 0 Å². The van der Waals surface area contributed by atoms with E-state index in [9.17, 15) is 4.79 Å². The highest BCUT2D eigenvalue weighted by Gasteiger charge is 2.32. The number of carbonyl (C=O) groups is 1. The maximum Gasteiger partial charge on any atom is 0.222 e. The smallest absolute Gasteiger partial charge is 0.222 e. The van der Waals surface area contributed by atoms with Crippen LogP contribution in [0.3, 0.4) is 0 Å². The fraction of sp³-hybridized carbons (Fsp3) is 0.462. The van der Waals surface area contributed by atoms with Crippen molar-refractivity contribution in [3.63, 3.8) is 0 Å². The summed E-state index contributed by atoms with van der Waals surface area (Å²) < 4.78 is 0. The molecule has 2 heterocycles. The van der Waals surface area contributed by atoms with E-state index in [1.54, 1.807) is 0 Å². The molecule has 2 aliphatic rings. The van der Waals surface area contributed by atoms with Gasteiger partial charge in [0.25, 0.3) is 0 Å². The first-order valence-electron chi connectivity index (χ1n) is 11.5. The summed E-state index contributed by atoms with van der Waals surface area (Å²) in [6.45, 7) is 7.89. The first-order valence-corrected chi connectivity index (χ1v) is 11.5. The molecule has 6 heteroatoms. The van der Waals surface area contributed by atoms with Crippen molar-refractivity contribution in [3.8, 4) is 0 Å². The first-order chi connectivity index (χ1) is 15.1. The van der Waals surface area contributed by atoms with Crippen molar-refractivity contribution in [2.24, 2.45) is 4.99 Å². The molecule has 1 N–H and O–H groups in total. The van der Waals surface area contributed by atoms with Gasteiger partial charge in [0, 0.05) is 51.3 Å². The quantitative estimate of drug-likeness (QED) is 0.319. The average molecular weight is 546 g/mol. The van der Waals surface area contributed by atoms with Gasteiger partial charge in [-0.15, -0.1) is 24.0 Å². The Morgan fingerprint density at radius 2 is 2.03 bits per heavy atom. The molecule has 0 aromatic heterocycles. The lowest BCUT2D eigenvalue weighted by molar-refractivity contribution is -0.127. The number of aryl methyl sites for hydroxylation is 1. The molecule has 172 valence electrons. The Morgan fingerprint density at radius 1 is 1.22 bits per heavy atom. The van der Waals surface area contributed by atoms with Crippen LogP contribution in [-0.4, -0.2) is 50.0 Å². The minimum Gasteiger partial charge on any atom is -0.355 e. The number of carbonyl (C=O) groups excluding carboxylic acids is 1. The van der Waals surface area contributed by atoms with E-state index in [0.717, 1.165) is 45.0 Å². The number of benzene rings is 2. The molecule has 4 rings (SSSR count). The van der Waals surface area contributed by atoms with E-state index in [-0.39, 0.29) is 24.0 Å². The van der Waals surface area contributed by atoms with Crippen LogP contribution in [0.1, 0.15) is 54.7 Å². The second-order valence-electron chi connectivity index (χ2n) is 8.88. The summed E-state index contributed by atoms with van der Waals surface area (Å²) in [7, 11) is 1.86. The molecule has 2 aromatic carbocycles. The summed E-state index contributed by atoms with van der Waals surface area (Å²) >= 11 is 0. The van der Waals surface area contributed by atoms with E-state index < -0.39 is 0 Å². The zero-order chi connectivity index (χ0) is 21.8. The number of fused-ring (bicyclic) bond motifs is 1. The van der Waals surface area contributed by atoms with Crippen LogP contribution in [0.25, 0.3) is 0 Å². The monoisotopic (exact) mass is 546 g/mol. The second kappa shape index (κ2) is 11.2. The van der Waals surface area contributed by atoms with Crippen molar-refractivity contribution >= 4 is 41.5 Å². The van der Waals surface area contributed by atoms with Crippen LogP contribution in [0.4, 0.5) is 5.69 Å². The lowest BCUT2D eigenvalue weighted by atomic mass is 9.98. The molecule has 5 nitrogen and oxygen atoms in total. The van der Waals surface area contributed by atoms with E-state index in [4.69, 9.17) is 0 Å². The van der Waals surface area contributed by atoms with E-state index >= 15 is 0 Å². The number of likely N-dealkylation sites (tertiary alicyclic amines) is 1. The van der Waals surface area contributed by atoms with Crippen molar-refractivity contribution in [1.29, 1.82) is 0 Å². The Bertz CT molecular complexity index is 960. The van der Waals surface area contributed by atoms with Gasteiger partial charge in [-0.2, -0.15) is 0 Å². The van der Waals surface area contributed by atoms with Crippen molar-refractivity contribution in [2.75, 3.05) is 38.1 Å². The zero-order valence-electron chi connectivity index (χ0n) is 19.4. The van der Waals surface area contributed by atoms with Crippen LogP contribution >= 0.6 is 24.0 Å². The SMILES string of the molecule is CN=C(NCC(C)c1cccc(C)c1)N1CC(CCN2CCCC2=O)c2ccccc21.I. The normalized spacial score (nSPS) is 19.0. The van der Waals surface area contributed by atoms with Gasteiger partial charge in [-0.3, -0.25) is 9.79 Å². The Labute approximate surface area is 209 Å². The predicted molar refractivity (Wildman–Crippen MR) is 143 cm³/mol. The molecule has 1 saturated heterocycles. The van der Waals surface area contributed by atoms with Gasteiger partial charge in [-0.05, 0) is 42.9 Å². The fourth-order valence-corrected chi connectivity index (χ4v) is 4.83. The van der Waals surface area contributed by atoms with Gasteiger partial charge in [0.1, 0.15) is 0 Å². The third kappa shape index (κ3) is 5.45. The minimum atomic E-state index is 0. The Kier molecular flexibility index (Phi) is 8.57. The molecule has 32 heavy (non-hydrogen) atoms. The number of nitrogens with one attached hydrogen (secondary N) is 1. The molecule has 1 amide bonds. The minimum absolute atomic E-state index is 0. The molecular weight excluding hydrogens is 511 g/mol. The molecule has 0 bridgehead atoms. The first kappa shape index (κ1) is 24.6. The number of rotatable bonds is 6. The third-order valence-electron chi connectivity index (χ3n) is 6.63. The molecule has 2 atom stereocenters. The van der Waals surface area contributed by atoms with Crippen LogP contribution in [0.2, 0.25) is 0 Å². The number of halogens is 1. The highest BCUT2D eigenvalue weighted by molar-refractivity contribution is 14.0. The highest BCUT2D eigenvalue weighted by Crippen LogP contribution is 2.38. The number of hydrogen-bond acceptors (Lipinski definition) is 2. The number of guanidine groups is 1. The van der Waals surface area contributed by atoms with Crippen LogP contribution < -0.4 is 10.2 Å². The Hall–Kier alpha value is -2.09. The maximum atomic E-state index is 12.0. The number of hydrogen-bond donors (Lipinski definition) is 1. The van der Waals surface area contributed by atoms with E-state index in [1.165, 1.54) is 22.4 Å². The van der Waals surface area contributed by atoms with Crippen molar-refractivity contribution in [1.82, 2.24) is 10.2 Å². The van der Waals surface area contributed by atoms with E-state index in [1.807, 2.05) is 11.9 Å². The number of amides is 1. The topological polar surface area (TPSA) is 47.9 Å². The molecule has 2 aromatic rings. The van der Waals surface area contributed by atoms with Crippen LogP contribution in [0.5, 0.6) is 0 Å². The number of aliphatic imine (C=N–C) groups is 1. The van der Waals surface area contributed by atoms with Gasteiger partial charge in [-0.25, -0.2) is 0 Å². The summed E-state index contributed by atoms with van der Waals surface area (Å²) in [5.41, 5.74) is 5.24.